The number of benzene rings is 5. The summed E-state index contributed by atoms with van der Waals surface area (Å²) in [7, 11) is -6.60. The number of carbonyl (C=O) groups excluding carboxylic acids is 2. The van der Waals surface area contributed by atoms with Gasteiger partial charge in [0.05, 0.1) is 43.3 Å². The largest absolute Gasteiger partial charge is 0.487 e. The van der Waals surface area contributed by atoms with Gasteiger partial charge in [0, 0.05) is 36.8 Å². The number of fused-ring (bicyclic) bond motifs is 1. The maximum atomic E-state index is 16.5. The molecule has 18 heteroatoms. The smallest absolute Gasteiger partial charge is 0.476 e. The molecule has 1 atom stereocenters. The van der Waals surface area contributed by atoms with Gasteiger partial charge < -0.3 is 28.1 Å². The molecule has 6 aromatic rings. The number of carbonyl (C=O) groups is 2. The van der Waals surface area contributed by atoms with Gasteiger partial charge in [0.2, 0.25) is 5.43 Å². The number of phosphoric acid groups is 1. The molecule has 1 aromatic heterocycles. The van der Waals surface area contributed by atoms with E-state index in [1.807, 2.05) is 95.6 Å². The Morgan fingerprint density at radius 2 is 1.39 bits per heavy atom. The summed E-state index contributed by atoms with van der Waals surface area (Å²) in [6, 6.07) is 34.3. The monoisotopic (exact) mass is 1050 g/mol. The van der Waals surface area contributed by atoms with Gasteiger partial charge in [0.1, 0.15) is 36.3 Å². The molecule has 3 aliphatic rings. The van der Waals surface area contributed by atoms with Crippen molar-refractivity contribution in [1.82, 2.24) is 4.57 Å². The number of hydrogen-bond donors (Lipinski definition) is 0. The van der Waals surface area contributed by atoms with Crippen molar-refractivity contribution < 1.29 is 55.1 Å². The lowest BCUT2D eigenvalue weighted by Gasteiger charge is -2.43. The maximum absolute atomic E-state index is 16.5. The number of halogens is 2. The number of esters is 1. The van der Waals surface area contributed by atoms with Crippen molar-refractivity contribution in [3.05, 3.63) is 172 Å². The number of anilines is 2. The number of rotatable bonds is 20. The minimum absolute atomic E-state index is 0.0000820. The third kappa shape index (κ3) is 12.3. The second kappa shape index (κ2) is 21.9. The topological polar surface area (TPSA) is 144 Å². The molecule has 1 aliphatic carbocycles. The van der Waals surface area contributed by atoms with E-state index in [0.717, 1.165) is 18.4 Å². The van der Waals surface area contributed by atoms with Crippen LogP contribution >= 0.6 is 7.82 Å². The first-order valence-corrected chi connectivity index (χ1v) is 29.3. The van der Waals surface area contributed by atoms with Crippen LogP contribution in [0.3, 0.4) is 0 Å². The van der Waals surface area contributed by atoms with E-state index >= 15 is 8.78 Å². The van der Waals surface area contributed by atoms with Crippen LogP contribution in [0.4, 0.5) is 25.0 Å². The fourth-order valence-electron chi connectivity index (χ4n) is 8.72. The molecule has 0 radical (unpaired) electrons. The highest BCUT2D eigenvalue weighted by Crippen LogP contribution is 2.56. The Kier molecular flexibility index (Phi) is 15.6. The number of aromatic nitrogens is 1. The molecule has 3 heterocycles. The first kappa shape index (κ1) is 52.7. The fraction of sp³-hybridized carbons (Fsp3) is 0.375. The summed E-state index contributed by atoms with van der Waals surface area (Å²) in [6.07, 6.45) is 2.14. The summed E-state index contributed by atoms with van der Waals surface area (Å²) in [6.45, 7) is 10.7. The van der Waals surface area contributed by atoms with Gasteiger partial charge in [0.15, 0.2) is 19.9 Å². The molecule has 0 bridgehead atoms. The molecule has 390 valence electrons. The normalized spacial score (nSPS) is 17.1. The zero-order valence-electron chi connectivity index (χ0n) is 42.3. The van der Waals surface area contributed by atoms with Crippen LogP contribution in [0.5, 0.6) is 5.75 Å². The van der Waals surface area contributed by atoms with Crippen molar-refractivity contribution in [2.75, 3.05) is 42.6 Å². The predicted octanol–water partition coefficient (Wildman–Crippen LogP) is 12.3. The van der Waals surface area contributed by atoms with Crippen LogP contribution < -0.4 is 20.0 Å². The van der Waals surface area contributed by atoms with Crippen LogP contribution in [0.15, 0.2) is 132 Å². The number of pyridine rings is 1. The van der Waals surface area contributed by atoms with Crippen LogP contribution in [0.1, 0.15) is 79.5 Å². The lowest BCUT2D eigenvalue weighted by atomic mass is 9.92. The Balaban J connectivity index is 0.969. The minimum atomic E-state index is -4.47. The van der Waals surface area contributed by atoms with E-state index < -0.39 is 57.0 Å². The molecule has 14 nitrogen and oxygen atoms in total. The van der Waals surface area contributed by atoms with Gasteiger partial charge in [-0.05, 0) is 84.8 Å². The number of amides is 1. The number of phosphoric ester groups is 1. The first-order valence-electron chi connectivity index (χ1n) is 24.9. The lowest BCUT2D eigenvalue weighted by molar-refractivity contribution is -0.0398. The van der Waals surface area contributed by atoms with E-state index in [-0.39, 0.29) is 105 Å². The average molecular weight is 1050 g/mol. The van der Waals surface area contributed by atoms with Crippen LogP contribution in [0.25, 0.3) is 10.9 Å². The van der Waals surface area contributed by atoms with Gasteiger partial charge in [-0.15, -0.1) is 0 Å². The highest BCUT2D eigenvalue weighted by atomic mass is 31.2. The van der Waals surface area contributed by atoms with Crippen LogP contribution in [0, 0.1) is 11.6 Å². The molecule has 3 fully saturated rings. The summed E-state index contributed by atoms with van der Waals surface area (Å²) in [5.74, 6) is -2.40. The molecule has 1 saturated carbocycles. The second-order valence-corrected chi connectivity index (χ2v) is 27.1. The number of ether oxygens (including phenoxy) is 3. The molecule has 74 heavy (non-hydrogen) atoms. The summed E-state index contributed by atoms with van der Waals surface area (Å²) in [5, 5.41) is 0.0105. The Morgan fingerprint density at radius 1 is 0.797 bits per heavy atom. The Bertz CT molecular complexity index is 3030. The van der Waals surface area contributed by atoms with Crippen molar-refractivity contribution in [2.45, 2.75) is 102 Å². The first-order chi connectivity index (χ1) is 35.4. The van der Waals surface area contributed by atoms with Crippen molar-refractivity contribution >= 4 is 50.5 Å². The molecular formula is C56H62F2N3O11PSi. The number of hydrogen-bond acceptors (Lipinski definition) is 12. The highest BCUT2D eigenvalue weighted by Gasteiger charge is 2.46. The molecule has 2 saturated heterocycles. The van der Waals surface area contributed by atoms with E-state index in [9.17, 15) is 18.9 Å². The number of nitrogens with zero attached hydrogens (tertiary/aromatic N) is 3. The van der Waals surface area contributed by atoms with Crippen molar-refractivity contribution in [3.63, 3.8) is 0 Å². The molecule has 1 amide bonds. The Hall–Kier alpha value is -6.20. The molecule has 5 aromatic carbocycles. The van der Waals surface area contributed by atoms with Gasteiger partial charge in [-0.2, -0.15) is 0 Å². The summed E-state index contributed by atoms with van der Waals surface area (Å²) < 4.78 is 92.0. The third-order valence-corrected chi connectivity index (χ3v) is 20.3. The number of cyclic esters (lactones) is 1. The number of piperidine rings is 1. The SMILES string of the molecule is CC(C)(C)[Si](C)(C)OC[C@H]1CN(c2ccc(OCC3(OP(=O)(OCc4ccccc4)OCc4ccccc4)CCN(c4cc5c(cc4F)c(=O)c(C(=O)OCc4ccccc4)cn5C4CC4)CC3)c(F)c2)C(=O)O1. The Morgan fingerprint density at radius 3 is 1.96 bits per heavy atom. The zero-order chi connectivity index (χ0) is 52.3. The quantitative estimate of drug-likeness (QED) is 0.0408. The van der Waals surface area contributed by atoms with E-state index in [2.05, 4.69) is 33.9 Å². The van der Waals surface area contributed by atoms with E-state index in [0.29, 0.717) is 16.6 Å². The fourth-order valence-corrected chi connectivity index (χ4v) is 11.3. The molecule has 0 spiro atoms. The van der Waals surface area contributed by atoms with Gasteiger partial charge >= 0.3 is 19.9 Å². The highest BCUT2D eigenvalue weighted by molar-refractivity contribution is 7.48. The summed E-state index contributed by atoms with van der Waals surface area (Å²) in [4.78, 5) is 43.5. The molecular weight excluding hydrogens is 988 g/mol. The standard InChI is InChI=1S/C56H62F2N3O11PSi/c1-55(2,3)74(4,5)70-37-44-32-61(54(64)71-44)43-23-24-51(48(58)29-43)67-38-56(72-73(65,68-35-40-17-11-7-12-18-40)69-36-41-19-13-8-14-20-41)25-27-59(28-26-56)50-31-49-45(30-47(50)57)52(62)46(33-60(49)42-21-22-42)53(63)66-34-39-15-9-6-10-16-39/h6-20,23-24,29-31,33,42,44H,21-22,25-28,32,34-38H2,1-5H3/t44-/m1/s1. The molecule has 2 aliphatic heterocycles. The second-order valence-electron chi connectivity index (χ2n) is 20.7. The summed E-state index contributed by atoms with van der Waals surface area (Å²) >= 11 is 0. The van der Waals surface area contributed by atoms with Gasteiger partial charge in [-0.1, -0.05) is 112 Å². The predicted molar refractivity (Wildman–Crippen MR) is 280 cm³/mol. The van der Waals surface area contributed by atoms with Gasteiger partial charge in [0.25, 0.3) is 0 Å². The van der Waals surface area contributed by atoms with E-state index in [1.165, 1.54) is 29.3 Å². The van der Waals surface area contributed by atoms with Crippen LogP contribution in [0.2, 0.25) is 18.1 Å². The van der Waals surface area contributed by atoms with E-state index in [4.69, 9.17) is 32.2 Å². The van der Waals surface area contributed by atoms with Crippen molar-refractivity contribution in [2.24, 2.45) is 0 Å². The summed E-state index contributed by atoms with van der Waals surface area (Å²) in [5.41, 5.74) is 0.870. The van der Waals surface area contributed by atoms with Crippen molar-refractivity contribution in [1.29, 1.82) is 0 Å². The van der Waals surface area contributed by atoms with Crippen LogP contribution in [-0.4, -0.2) is 69.5 Å². The average Bonchev–Trinajstić information content (AvgIpc) is 4.17. The van der Waals surface area contributed by atoms with Gasteiger partial charge in [-0.3, -0.25) is 23.3 Å². The Labute approximate surface area is 430 Å². The van der Waals surface area contributed by atoms with Gasteiger partial charge in [-0.25, -0.2) is 22.9 Å². The molecule has 0 N–H and O–H groups in total. The molecule has 0 unspecified atom stereocenters. The minimum Gasteiger partial charge on any atom is -0.487 e. The van der Waals surface area contributed by atoms with E-state index in [1.54, 1.807) is 17.0 Å². The lowest BCUT2D eigenvalue weighted by Crippen LogP contribution is -2.49. The maximum Gasteiger partial charge on any atom is 0.476 e. The third-order valence-electron chi connectivity index (χ3n) is 14.3. The van der Waals surface area contributed by atoms with Crippen LogP contribution in [-0.2, 0) is 51.9 Å². The molecule has 9 rings (SSSR count). The van der Waals surface area contributed by atoms with Crippen molar-refractivity contribution in [3.8, 4) is 5.75 Å². The zero-order valence-corrected chi connectivity index (χ0v) is 44.2.